The lowest BCUT2D eigenvalue weighted by Gasteiger charge is -2.14. The second-order valence-corrected chi connectivity index (χ2v) is 6.34. The molecule has 0 aliphatic carbocycles. The van der Waals surface area contributed by atoms with Crippen molar-refractivity contribution in [2.45, 2.75) is 25.9 Å². The zero-order valence-electron chi connectivity index (χ0n) is 16.8. The predicted octanol–water partition coefficient (Wildman–Crippen LogP) is 2.37. The summed E-state index contributed by atoms with van der Waals surface area (Å²) in [5, 5.41) is 12.7. The Kier molecular flexibility index (Phi) is 8.87. The Balaban J connectivity index is 1.77. The van der Waals surface area contributed by atoms with E-state index in [1.54, 1.807) is 13.2 Å². The lowest BCUT2D eigenvalue weighted by atomic mass is 10.1. The standard InChI is InChI=1S/C23H27NO5/c1-4-14-28-21-11-8-18(15-22(21)27-3)12-13-24-23(26)20(25)16-29-19-9-6-17(5-2)7-10-19/h1,6-11,15,20,25H,5,12-14,16H2,2-3H3,(H,24,26). The summed E-state index contributed by atoms with van der Waals surface area (Å²) in [6, 6.07) is 13.1. The van der Waals surface area contributed by atoms with Crippen molar-refractivity contribution in [1.29, 1.82) is 0 Å². The number of hydrogen-bond acceptors (Lipinski definition) is 5. The zero-order chi connectivity index (χ0) is 21.1. The Bertz CT molecular complexity index is 826. The molecule has 0 aromatic heterocycles. The molecule has 0 aliphatic rings. The fourth-order valence-electron chi connectivity index (χ4n) is 2.63. The Hall–Kier alpha value is -3.17. The molecule has 2 rings (SSSR count). The molecule has 0 heterocycles. The lowest BCUT2D eigenvalue weighted by Crippen LogP contribution is -2.39. The van der Waals surface area contributed by atoms with Crippen molar-refractivity contribution in [3.8, 4) is 29.6 Å². The van der Waals surface area contributed by atoms with Crippen molar-refractivity contribution >= 4 is 5.91 Å². The van der Waals surface area contributed by atoms with Crippen LogP contribution in [-0.4, -0.2) is 44.0 Å². The van der Waals surface area contributed by atoms with Crippen LogP contribution >= 0.6 is 0 Å². The van der Waals surface area contributed by atoms with Gasteiger partial charge in [0.15, 0.2) is 17.6 Å². The number of nitrogens with one attached hydrogen (secondary N) is 1. The van der Waals surface area contributed by atoms with Crippen molar-refractivity contribution in [2.24, 2.45) is 0 Å². The first-order chi connectivity index (χ1) is 14.1. The van der Waals surface area contributed by atoms with Crippen LogP contribution in [0.1, 0.15) is 18.1 Å². The van der Waals surface area contributed by atoms with Gasteiger partial charge in [0.2, 0.25) is 0 Å². The summed E-state index contributed by atoms with van der Waals surface area (Å²) in [5.41, 5.74) is 2.15. The monoisotopic (exact) mass is 397 g/mol. The van der Waals surface area contributed by atoms with Crippen molar-refractivity contribution in [3.05, 3.63) is 53.6 Å². The number of methoxy groups -OCH3 is 1. The summed E-state index contributed by atoms with van der Waals surface area (Å²) in [5.74, 6) is 3.69. The van der Waals surface area contributed by atoms with Crippen molar-refractivity contribution in [3.63, 3.8) is 0 Å². The molecule has 1 atom stereocenters. The molecule has 0 spiro atoms. The highest BCUT2D eigenvalue weighted by Gasteiger charge is 2.15. The van der Waals surface area contributed by atoms with Gasteiger partial charge in [-0.3, -0.25) is 4.79 Å². The number of aliphatic hydroxyl groups excluding tert-OH is 1. The molecule has 0 aliphatic heterocycles. The van der Waals surface area contributed by atoms with Gasteiger partial charge in [0.25, 0.3) is 5.91 Å². The van der Waals surface area contributed by atoms with Gasteiger partial charge < -0.3 is 24.6 Å². The molecule has 0 fully saturated rings. The Morgan fingerprint density at radius 2 is 1.86 bits per heavy atom. The van der Waals surface area contributed by atoms with Gasteiger partial charge >= 0.3 is 0 Å². The van der Waals surface area contributed by atoms with Gasteiger partial charge in [0.1, 0.15) is 19.0 Å². The highest BCUT2D eigenvalue weighted by Crippen LogP contribution is 2.28. The molecule has 0 radical (unpaired) electrons. The normalized spacial score (nSPS) is 11.2. The molecular weight excluding hydrogens is 370 g/mol. The highest BCUT2D eigenvalue weighted by molar-refractivity contribution is 5.80. The number of aliphatic hydroxyl groups is 1. The van der Waals surface area contributed by atoms with Gasteiger partial charge in [0, 0.05) is 6.54 Å². The molecule has 6 nitrogen and oxygen atoms in total. The number of terminal acetylenes is 1. The molecule has 1 unspecified atom stereocenters. The van der Waals surface area contributed by atoms with E-state index in [1.807, 2.05) is 36.4 Å². The predicted molar refractivity (Wildman–Crippen MR) is 111 cm³/mol. The van der Waals surface area contributed by atoms with Crippen molar-refractivity contribution < 1.29 is 24.1 Å². The fourth-order valence-corrected chi connectivity index (χ4v) is 2.63. The van der Waals surface area contributed by atoms with Gasteiger partial charge in [-0.15, -0.1) is 6.42 Å². The minimum Gasteiger partial charge on any atom is -0.493 e. The van der Waals surface area contributed by atoms with Crippen LogP contribution in [0.3, 0.4) is 0 Å². The molecule has 154 valence electrons. The summed E-state index contributed by atoms with van der Waals surface area (Å²) >= 11 is 0. The van der Waals surface area contributed by atoms with Crippen LogP contribution in [0.5, 0.6) is 17.2 Å². The van der Waals surface area contributed by atoms with Crippen LogP contribution < -0.4 is 19.5 Å². The zero-order valence-corrected chi connectivity index (χ0v) is 16.8. The Morgan fingerprint density at radius 3 is 2.52 bits per heavy atom. The molecule has 0 bridgehead atoms. The maximum Gasteiger partial charge on any atom is 0.252 e. The third-order valence-electron chi connectivity index (χ3n) is 4.29. The maximum atomic E-state index is 12.0. The van der Waals surface area contributed by atoms with E-state index in [0.29, 0.717) is 30.2 Å². The van der Waals surface area contributed by atoms with Crippen LogP contribution in [-0.2, 0) is 17.6 Å². The van der Waals surface area contributed by atoms with Crippen LogP contribution in [0.25, 0.3) is 0 Å². The van der Waals surface area contributed by atoms with Gasteiger partial charge in [-0.05, 0) is 48.2 Å². The Labute approximate surface area is 171 Å². The molecular formula is C23H27NO5. The van der Waals surface area contributed by atoms with E-state index in [-0.39, 0.29) is 13.2 Å². The van der Waals surface area contributed by atoms with Gasteiger partial charge in [-0.1, -0.05) is 31.0 Å². The number of ether oxygens (including phenoxy) is 3. The van der Waals surface area contributed by atoms with Crippen molar-refractivity contribution in [1.82, 2.24) is 5.32 Å². The minimum atomic E-state index is -1.24. The van der Waals surface area contributed by atoms with Gasteiger partial charge in [-0.2, -0.15) is 0 Å². The van der Waals surface area contributed by atoms with E-state index in [2.05, 4.69) is 18.2 Å². The second-order valence-electron chi connectivity index (χ2n) is 6.34. The van der Waals surface area contributed by atoms with E-state index in [9.17, 15) is 9.90 Å². The Morgan fingerprint density at radius 1 is 1.14 bits per heavy atom. The van der Waals surface area contributed by atoms with E-state index in [4.69, 9.17) is 20.6 Å². The number of hydrogen-bond donors (Lipinski definition) is 2. The van der Waals surface area contributed by atoms with E-state index < -0.39 is 12.0 Å². The van der Waals surface area contributed by atoms with E-state index in [0.717, 1.165) is 12.0 Å². The number of carbonyl (C=O) groups is 1. The number of rotatable bonds is 11. The average Bonchev–Trinajstić information content (AvgIpc) is 2.76. The quantitative estimate of drug-likeness (QED) is 0.570. The number of amides is 1. The first kappa shape index (κ1) is 22.1. The minimum absolute atomic E-state index is 0.105. The second kappa shape index (κ2) is 11.6. The fraction of sp³-hybridized carbons (Fsp3) is 0.348. The van der Waals surface area contributed by atoms with Crippen LogP contribution in [0.15, 0.2) is 42.5 Å². The summed E-state index contributed by atoms with van der Waals surface area (Å²) in [7, 11) is 1.55. The molecule has 2 aromatic rings. The number of aryl methyl sites for hydroxylation is 1. The largest absolute Gasteiger partial charge is 0.493 e. The lowest BCUT2D eigenvalue weighted by molar-refractivity contribution is -0.130. The van der Waals surface area contributed by atoms with E-state index in [1.165, 1.54) is 5.56 Å². The number of benzene rings is 2. The number of carbonyl (C=O) groups excluding carboxylic acids is 1. The third kappa shape index (κ3) is 7.05. The molecule has 6 heteroatoms. The van der Waals surface area contributed by atoms with Crippen molar-refractivity contribution in [2.75, 3.05) is 26.9 Å². The molecule has 2 N–H and O–H groups in total. The summed E-state index contributed by atoms with van der Waals surface area (Å²) in [4.78, 5) is 12.0. The molecule has 0 saturated carbocycles. The molecule has 0 saturated heterocycles. The molecule has 1 amide bonds. The third-order valence-corrected chi connectivity index (χ3v) is 4.29. The summed E-state index contributed by atoms with van der Waals surface area (Å²) in [6.07, 6.45) is 5.47. The SMILES string of the molecule is C#CCOc1ccc(CCNC(=O)C(O)COc2ccc(CC)cc2)cc1OC. The summed E-state index contributed by atoms with van der Waals surface area (Å²) < 4.78 is 16.2. The highest BCUT2D eigenvalue weighted by atomic mass is 16.5. The van der Waals surface area contributed by atoms with Gasteiger partial charge in [0.05, 0.1) is 7.11 Å². The first-order valence-electron chi connectivity index (χ1n) is 9.48. The van der Waals surface area contributed by atoms with Gasteiger partial charge in [-0.25, -0.2) is 0 Å². The molecule has 2 aromatic carbocycles. The first-order valence-corrected chi connectivity index (χ1v) is 9.48. The topological polar surface area (TPSA) is 77.0 Å². The van der Waals surface area contributed by atoms with Crippen LogP contribution in [0.4, 0.5) is 0 Å². The van der Waals surface area contributed by atoms with Crippen LogP contribution in [0.2, 0.25) is 0 Å². The smallest absolute Gasteiger partial charge is 0.252 e. The summed E-state index contributed by atoms with van der Waals surface area (Å²) in [6.45, 7) is 2.50. The molecule has 29 heavy (non-hydrogen) atoms. The average molecular weight is 397 g/mol. The maximum absolute atomic E-state index is 12.0. The van der Waals surface area contributed by atoms with Crippen LogP contribution in [0, 0.1) is 12.3 Å². The van der Waals surface area contributed by atoms with E-state index >= 15 is 0 Å².